The molecule has 0 spiro atoms. The largest absolute Gasteiger partial charge is 0.480 e. The lowest BCUT2D eigenvalue weighted by molar-refractivity contribution is -0.140. The maximum absolute atomic E-state index is 11.4. The molecule has 0 aliphatic carbocycles. The van der Waals surface area contributed by atoms with Crippen molar-refractivity contribution in [3.63, 3.8) is 0 Å². The van der Waals surface area contributed by atoms with Crippen molar-refractivity contribution in [2.24, 2.45) is 0 Å². The normalized spacial score (nSPS) is 10.3. The molecule has 0 saturated heterocycles. The van der Waals surface area contributed by atoms with E-state index in [-0.39, 0.29) is 18.9 Å². The first kappa shape index (κ1) is 16.0. The molecular formula is C14H20N2O4. The number of benzene rings is 1. The maximum Gasteiger partial charge on any atom is 0.317 e. The number of methoxy groups -OCH3 is 1. The van der Waals surface area contributed by atoms with Gasteiger partial charge in [0, 0.05) is 12.2 Å². The van der Waals surface area contributed by atoms with Gasteiger partial charge in [0.2, 0.25) is 0 Å². The number of esters is 1. The average molecular weight is 280 g/mol. The molecular weight excluding hydrogens is 260 g/mol. The van der Waals surface area contributed by atoms with Gasteiger partial charge >= 0.3 is 11.9 Å². The molecule has 1 aromatic carbocycles. The molecule has 0 unspecified atom stereocenters. The van der Waals surface area contributed by atoms with Gasteiger partial charge in [0.15, 0.2) is 0 Å². The molecule has 6 heteroatoms. The van der Waals surface area contributed by atoms with Crippen molar-refractivity contribution in [2.75, 3.05) is 19.4 Å². The molecule has 0 saturated carbocycles. The van der Waals surface area contributed by atoms with Crippen LogP contribution < -0.4 is 11.1 Å². The van der Waals surface area contributed by atoms with Gasteiger partial charge in [0.05, 0.1) is 20.1 Å². The summed E-state index contributed by atoms with van der Waals surface area (Å²) in [4.78, 5) is 21.9. The molecule has 0 fully saturated rings. The second-order valence-electron chi connectivity index (χ2n) is 4.61. The number of carboxylic acids is 1. The Balaban J connectivity index is 2.99. The first-order valence-electron chi connectivity index (χ1n) is 6.23. The minimum Gasteiger partial charge on any atom is -0.480 e. The zero-order valence-corrected chi connectivity index (χ0v) is 11.9. The number of carboxylic acid groups (broad SMARTS) is 1. The van der Waals surface area contributed by atoms with Crippen molar-refractivity contribution in [2.45, 2.75) is 26.8 Å². The van der Waals surface area contributed by atoms with E-state index in [0.717, 1.165) is 22.3 Å². The number of nitrogen functional groups attached to an aromatic ring is 1. The number of carbonyl (C=O) groups is 2. The minimum atomic E-state index is -0.919. The van der Waals surface area contributed by atoms with Gasteiger partial charge in [0.25, 0.3) is 0 Å². The Bertz CT molecular complexity index is 526. The highest BCUT2D eigenvalue weighted by Gasteiger charge is 2.13. The Morgan fingerprint density at radius 3 is 2.45 bits per heavy atom. The summed E-state index contributed by atoms with van der Waals surface area (Å²) < 4.78 is 4.66. The van der Waals surface area contributed by atoms with Gasteiger partial charge in [-0.15, -0.1) is 0 Å². The zero-order chi connectivity index (χ0) is 15.3. The van der Waals surface area contributed by atoms with Crippen LogP contribution in [0.15, 0.2) is 6.07 Å². The van der Waals surface area contributed by atoms with Gasteiger partial charge in [-0.25, -0.2) is 0 Å². The lowest BCUT2D eigenvalue weighted by Crippen LogP contribution is -2.23. The highest BCUT2D eigenvalue weighted by atomic mass is 16.5. The third-order valence-electron chi connectivity index (χ3n) is 3.27. The summed E-state index contributed by atoms with van der Waals surface area (Å²) in [6, 6.07) is 1.87. The second kappa shape index (κ2) is 6.91. The number of anilines is 1. The number of carbonyl (C=O) groups excluding carboxylic acids is 1. The summed E-state index contributed by atoms with van der Waals surface area (Å²) in [5.74, 6) is -1.25. The third-order valence-corrected chi connectivity index (χ3v) is 3.27. The van der Waals surface area contributed by atoms with Crippen LogP contribution in [0.1, 0.15) is 22.3 Å². The summed E-state index contributed by atoms with van der Waals surface area (Å²) in [6.07, 6.45) is 0.152. The molecule has 0 atom stereocenters. The number of nitrogens with one attached hydrogen (secondary N) is 1. The van der Waals surface area contributed by atoms with E-state index in [1.807, 2.05) is 19.9 Å². The fraction of sp³-hybridized carbons (Fsp3) is 0.429. The maximum atomic E-state index is 11.4. The molecule has 0 radical (unpaired) electrons. The van der Waals surface area contributed by atoms with Crippen molar-refractivity contribution in [3.05, 3.63) is 28.3 Å². The molecule has 0 amide bonds. The van der Waals surface area contributed by atoms with Crippen molar-refractivity contribution in [3.8, 4) is 0 Å². The first-order chi connectivity index (χ1) is 9.36. The van der Waals surface area contributed by atoms with E-state index in [1.165, 1.54) is 7.11 Å². The van der Waals surface area contributed by atoms with E-state index in [9.17, 15) is 9.59 Å². The molecule has 0 aromatic heterocycles. The summed E-state index contributed by atoms with van der Waals surface area (Å²) in [5.41, 5.74) is 10.1. The van der Waals surface area contributed by atoms with E-state index >= 15 is 0 Å². The second-order valence-corrected chi connectivity index (χ2v) is 4.61. The van der Waals surface area contributed by atoms with Gasteiger partial charge in [-0.2, -0.15) is 0 Å². The van der Waals surface area contributed by atoms with Crippen LogP contribution in [-0.4, -0.2) is 30.7 Å². The highest BCUT2D eigenvalue weighted by Crippen LogP contribution is 2.25. The molecule has 110 valence electrons. The summed E-state index contributed by atoms with van der Waals surface area (Å²) in [6.45, 7) is 3.99. The lowest BCUT2D eigenvalue weighted by Gasteiger charge is -2.15. The number of hydrogen-bond donors (Lipinski definition) is 3. The van der Waals surface area contributed by atoms with Crippen molar-refractivity contribution in [1.29, 1.82) is 0 Å². The fourth-order valence-electron chi connectivity index (χ4n) is 1.95. The number of rotatable bonds is 6. The molecule has 1 aromatic rings. The Hall–Kier alpha value is -2.08. The quantitative estimate of drug-likeness (QED) is 0.525. The van der Waals surface area contributed by atoms with Crippen LogP contribution in [0.5, 0.6) is 0 Å². The number of aliphatic carboxylic acids is 1. The standard InChI is InChI=1S/C14H20N2O4/c1-8-10(5-13(19)20-3)4-11(9(2)14(8)15)6-16-7-12(17)18/h4,16H,5-7,15H2,1-3H3,(H,17,18). The summed E-state index contributed by atoms with van der Waals surface area (Å²) in [5, 5.41) is 11.4. The van der Waals surface area contributed by atoms with E-state index in [1.54, 1.807) is 0 Å². The molecule has 6 nitrogen and oxygen atoms in total. The van der Waals surface area contributed by atoms with Crippen LogP contribution in [0.4, 0.5) is 5.69 Å². The van der Waals surface area contributed by atoms with Gasteiger partial charge in [-0.05, 0) is 36.1 Å². The van der Waals surface area contributed by atoms with Crippen LogP contribution in [0, 0.1) is 13.8 Å². The monoisotopic (exact) mass is 280 g/mol. The van der Waals surface area contributed by atoms with Crippen molar-refractivity contribution < 1.29 is 19.4 Å². The molecule has 0 aliphatic rings. The predicted octanol–water partition coefficient (Wildman–Crippen LogP) is 0.775. The van der Waals surface area contributed by atoms with Crippen LogP contribution in [0.2, 0.25) is 0 Å². The lowest BCUT2D eigenvalue weighted by atomic mass is 9.95. The smallest absolute Gasteiger partial charge is 0.317 e. The van der Waals surface area contributed by atoms with Crippen LogP contribution in [0.3, 0.4) is 0 Å². The van der Waals surface area contributed by atoms with E-state index in [4.69, 9.17) is 10.8 Å². The van der Waals surface area contributed by atoms with E-state index in [0.29, 0.717) is 12.2 Å². The topological polar surface area (TPSA) is 102 Å². The van der Waals surface area contributed by atoms with Crippen LogP contribution in [0.25, 0.3) is 0 Å². The van der Waals surface area contributed by atoms with Crippen LogP contribution >= 0.6 is 0 Å². The minimum absolute atomic E-state index is 0.125. The van der Waals surface area contributed by atoms with Crippen molar-refractivity contribution in [1.82, 2.24) is 5.32 Å². The molecule has 0 heterocycles. The Morgan fingerprint density at radius 1 is 1.30 bits per heavy atom. The Labute approximate surface area is 117 Å². The third kappa shape index (κ3) is 3.96. The zero-order valence-electron chi connectivity index (χ0n) is 11.9. The van der Waals surface area contributed by atoms with Crippen LogP contribution in [-0.2, 0) is 27.3 Å². The molecule has 4 N–H and O–H groups in total. The SMILES string of the molecule is COC(=O)Cc1cc(CNCC(=O)O)c(C)c(N)c1C. The van der Waals surface area contributed by atoms with E-state index < -0.39 is 5.97 Å². The van der Waals surface area contributed by atoms with Gasteiger partial charge < -0.3 is 20.9 Å². The number of hydrogen-bond acceptors (Lipinski definition) is 5. The number of nitrogens with two attached hydrogens (primary N) is 1. The molecule has 0 bridgehead atoms. The Morgan fingerprint density at radius 2 is 1.90 bits per heavy atom. The highest BCUT2D eigenvalue weighted by molar-refractivity contribution is 5.74. The first-order valence-corrected chi connectivity index (χ1v) is 6.23. The fourth-order valence-corrected chi connectivity index (χ4v) is 1.95. The molecule has 20 heavy (non-hydrogen) atoms. The summed E-state index contributed by atoms with van der Waals surface area (Å²) >= 11 is 0. The van der Waals surface area contributed by atoms with E-state index in [2.05, 4.69) is 10.1 Å². The van der Waals surface area contributed by atoms with Gasteiger partial charge in [-0.3, -0.25) is 9.59 Å². The van der Waals surface area contributed by atoms with Gasteiger partial charge in [0.1, 0.15) is 0 Å². The summed E-state index contributed by atoms with van der Waals surface area (Å²) in [7, 11) is 1.34. The Kier molecular flexibility index (Phi) is 5.52. The number of ether oxygens (including phenoxy) is 1. The van der Waals surface area contributed by atoms with Crippen molar-refractivity contribution >= 4 is 17.6 Å². The van der Waals surface area contributed by atoms with Gasteiger partial charge in [-0.1, -0.05) is 6.07 Å². The average Bonchev–Trinajstić information content (AvgIpc) is 2.40. The molecule has 1 rings (SSSR count). The predicted molar refractivity (Wildman–Crippen MR) is 75.4 cm³/mol. The molecule has 0 aliphatic heterocycles.